The molecule has 2 aromatic rings. The summed E-state index contributed by atoms with van der Waals surface area (Å²) in [6.07, 6.45) is 3.65. The number of nitrogens with zero attached hydrogens (tertiary/aromatic N) is 4. The summed E-state index contributed by atoms with van der Waals surface area (Å²) in [5.74, 6) is 3.21. The van der Waals surface area contributed by atoms with Crippen molar-refractivity contribution < 1.29 is 9.47 Å². The largest absolute Gasteiger partial charge is 0.493 e. The van der Waals surface area contributed by atoms with Gasteiger partial charge in [0.2, 0.25) is 0 Å². The second-order valence-electron chi connectivity index (χ2n) is 5.91. The Balaban J connectivity index is 0.00000392. The first kappa shape index (κ1) is 24.0. The van der Waals surface area contributed by atoms with Crippen molar-refractivity contribution in [3.8, 4) is 11.5 Å². The van der Waals surface area contributed by atoms with Gasteiger partial charge in [-0.05, 0) is 44.4 Å². The highest BCUT2D eigenvalue weighted by atomic mass is 127. The number of rotatable bonds is 10. The predicted octanol–water partition coefficient (Wildman–Crippen LogP) is 2.62. The number of hydrogen-bond donors (Lipinski definition) is 2. The average Bonchev–Trinajstić information content (AvgIpc) is 3.15. The Hall–Kier alpha value is -2.04. The summed E-state index contributed by atoms with van der Waals surface area (Å²) >= 11 is 0. The van der Waals surface area contributed by atoms with Gasteiger partial charge in [-0.3, -0.25) is 4.99 Å². The summed E-state index contributed by atoms with van der Waals surface area (Å²) in [7, 11) is 3.42. The van der Waals surface area contributed by atoms with Gasteiger partial charge >= 0.3 is 0 Å². The van der Waals surface area contributed by atoms with Gasteiger partial charge in [0.05, 0.1) is 20.3 Å². The van der Waals surface area contributed by atoms with E-state index >= 15 is 0 Å². The minimum Gasteiger partial charge on any atom is -0.493 e. The SMILES string of the molecule is CCOc1cc(CCCNC(=NC)NCc2nncn2CC)ccc1OC.I. The minimum atomic E-state index is 0. The topological polar surface area (TPSA) is 85.6 Å². The van der Waals surface area contributed by atoms with Crippen molar-refractivity contribution in [2.45, 2.75) is 39.8 Å². The molecule has 1 heterocycles. The van der Waals surface area contributed by atoms with Crippen LogP contribution in [-0.2, 0) is 19.5 Å². The number of aliphatic imine (C=N–C) groups is 1. The molecular formula is C19H31IN6O2. The number of nitrogens with one attached hydrogen (secondary N) is 2. The molecule has 9 heteroatoms. The van der Waals surface area contributed by atoms with E-state index in [4.69, 9.17) is 9.47 Å². The lowest BCUT2D eigenvalue weighted by molar-refractivity contribution is 0.310. The average molecular weight is 502 g/mol. The zero-order valence-electron chi connectivity index (χ0n) is 17.1. The van der Waals surface area contributed by atoms with E-state index in [9.17, 15) is 0 Å². The molecule has 0 atom stereocenters. The second-order valence-corrected chi connectivity index (χ2v) is 5.91. The zero-order valence-corrected chi connectivity index (χ0v) is 19.4. The van der Waals surface area contributed by atoms with E-state index in [0.29, 0.717) is 13.2 Å². The van der Waals surface area contributed by atoms with Crippen LogP contribution in [0.25, 0.3) is 0 Å². The molecule has 156 valence electrons. The summed E-state index contributed by atoms with van der Waals surface area (Å²) in [6, 6.07) is 6.08. The number of guanidine groups is 1. The second kappa shape index (κ2) is 13.2. The van der Waals surface area contributed by atoms with E-state index in [1.165, 1.54) is 5.56 Å². The zero-order chi connectivity index (χ0) is 19.5. The maximum absolute atomic E-state index is 5.63. The van der Waals surface area contributed by atoms with Gasteiger partial charge in [-0.2, -0.15) is 0 Å². The molecule has 0 spiro atoms. The fourth-order valence-electron chi connectivity index (χ4n) is 2.71. The van der Waals surface area contributed by atoms with E-state index in [-0.39, 0.29) is 24.0 Å². The molecule has 2 rings (SSSR count). The van der Waals surface area contributed by atoms with Gasteiger partial charge < -0.3 is 24.7 Å². The number of aromatic nitrogens is 3. The molecule has 0 saturated heterocycles. The highest BCUT2D eigenvalue weighted by Gasteiger charge is 2.06. The van der Waals surface area contributed by atoms with Crippen molar-refractivity contribution in [1.29, 1.82) is 0 Å². The number of aryl methyl sites for hydroxylation is 2. The van der Waals surface area contributed by atoms with Gasteiger partial charge in [-0.1, -0.05) is 6.07 Å². The molecule has 0 aliphatic carbocycles. The number of hydrogen-bond acceptors (Lipinski definition) is 5. The lowest BCUT2D eigenvalue weighted by atomic mass is 10.1. The highest BCUT2D eigenvalue weighted by molar-refractivity contribution is 14.0. The molecule has 1 aromatic carbocycles. The summed E-state index contributed by atoms with van der Waals surface area (Å²) < 4.78 is 13.0. The van der Waals surface area contributed by atoms with Crippen molar-refractivity contribution >= 4 is 29.9 Å². The molecule has 0 aliphatic heterocycles. The predicted molar refractivity (Wildman–Crippen MR) is 122 cm³/mol. The molecule has 0 saturated carbocycles. The van der Waals surface area contributed by atoms with Crippen molar-refractivity contribution in [2.24, 2.45) is 4.99 Å². The Morgan fingerprint density at radius 3 is 2.71 bits per heavy atom. The molecule has 0 bridgehead atoms. The van der Waals surface area contributed by atoms with Crippen LogP contribution >= 0.6 is 24.0 Å². The monoisotopic (exact) mass is 502 g/mol. The van der Waals surface area contributed by atoms with Gasteiger partial charge in [-0.15, -0.1) is 34.2 Å². The van der Waals surface area contributed by atoms with Gasteiger partial charge in [0.25, 0.3) is 0 Å². The molecule has 0 fully saturated rings. The molecular weight excluding hydrogens is 471 g/mol. The van der Waals surface area contributed by atoms with Gasteiger partial charge in [-0.25, -0.2) is 0 Å². The van der Waals surface area contributed by atoms with E-state index in [0.717, 1.165) is 49.2 Å². The van der Waals surface area contributed by atoms with Crippen LogP contribution in [0.5, 0.6) is 11.5 Å². The molecule has 28 heavy (non-hydrogen) atoms. The number of benzene rings is 1. The minimum absolute atomic E-state index is 0. The molecule has 1 aromatic heterocycles. The van der Waals surface area contributed by atoms with Gasteiger partial charge in [0, 0.05) is 20.1 Å². The van der Waals surface area contributed by atoms with E-state index < -0.39 is 0 Å². The Morgan fingerprint density at radius 1 is 1.21 bits per heavy atom. The van der Waals surface area contributed by atoms with Crippen LogP contribution in [0, 0.1) is 0 Å². The van der Waals surface area contributed by atoms with Crippen LogP contribution in [0.4, 0.5) is 0 Å². The van der Waals surface area contributed by atoms with E-state index in [1.807, 2.05) is 23.6 Å². The lowest BCUT2D eigenvalue weighted by Gasteiger charge is -2.13. The Bertz CT molecular complexity index is 735. The fourth-order valence-corrected chi connectivity index (χ4v) is 2.71. The van der Waals surface area contributed by atoms with Crippen LogP contribution in [-0.4, -0.2) is 48.0 Å². The first-order valence-corrected chi connectivity index (χ1v) is 9.32. The third kappa shape index (κ3) is 7.17. The molecule has 8 nitrogen and oxygen atoms in total. The molecule has 0 radical (unpaired) electrons. The quantitative estimate of drug-likeness (QED) is 0.225. The maximum atomic E-state index is 5.63. The molecule has 2 N–H and O–H groups in total. The first-order chi connectivity index (χ1) is 13.2. The Labute approximate surface area is 184 Å². The number of methoxy groups -OCH3 is 1. The number of ether oxygens (including phenoxy) is 2. The highest BCUT2D eigenvalue weighted by Crippen LogP contribution is 2.28. The van der Waals surface area contributed by atoms with Gasteiger partial charge in [0.1, 0.15) is 6.33 Å². The fraction of sp³-hybridized carbons (Fsp3) is 0.526. The third-order valence-electron chi connectivity index (χ3n) is 4.14. The summed E-state index contributed by atoms with van der Waals surface area (Å²) in [5, 5.41) is 14.6. The Kier molecular flexibility index (Phi) is 11.3. The van der Waals surface area contributed by atoms with Crippen LogP contribution in [0.15, 0.2) is 29.5 Å². The lowest BCUT2D eigenvalue weighted by Crippen LogP contribution is -2.38. The molecule has 0 unspecified atom stereocenters. The summed E-state index contributed by atoms with van der Waals surface area (Å²) in [5.41, 5.74) is 1.22. The van der Waals surface area contributed by atoms with Crippen molar-refractivity contribution in [3.63, 3.8) is 0 Å². The summed E-state index contributed by atoms with van der Waals surface area (Å²) in [4.78, 5) is 4.25. The van der Waals surface area contributed by atoms with Crippen molar-refractivity contribution in [2.75, 3.05) is 27.3 Å². The molecule has 0 aliphatic rings. The summed E-state index contributed by atoms with van der Waals surface area (Å²) in [6.45, 7) is 6.91. The van der Waals surface area contributed by atoms with Crippen LogP contribution in [0.2, 0.25) is 0 Å². The number of halogens is 1. The van der Waals surface area contributed by atoms with Crippen LogP contribution < -0.4 is 20.1 Å². The Morgan fingerprint density at radius 2 is 2.04 bits per heavy atom. The van der Waals surface area contributed by atoms with Crippen LogP contribution in [0.3, 0.4) is 0 Å². The van der Waals surface area contributed by atoms with Crippen molar-refractivity contribution in [1.82, 2.24) is 25.4 Å². The normalized spacial score (nSPS) is 10.9. The van der Waals surface area contributed by atoms with Crippen molar-refractivity contribution in [3.05, 3.63) is 35.9 Å². The van der Waals surface area contributed by atoms with E-state index in [2.05, 4.69) is 38.8 Å². The maximum Gasteiger partial charge on any atom is 0.191 e. The molecule has 0 amide bonds. The van der Waals surface area contributed by atoms with Crippen LogP contribution in [0.1, 0.15) is 31.7 Å². The smallest absolute Gasteiger partial charge is 0.191 e. The van der Waals surface area contributed by atoms with E-state index in [1.54, 1.807) is 20.5 Å². The standard InChI is InChI=1S/C19H30N6O2.HI/c1-5-25-14-23-24-18(25)13-22-19(20-3)21-11-7-8-15-9-10-16(26-4)17(12-15)27-6-2;/h9-10,12,14H,5-8,11,13H2,1-4H3,(H2,20,21,22);1H. The first-order valence-electron chi connectivity index (χ1n) is 9.32. The van der Waals surface area contributed by atoms with Gasteiger partial charge in [0.15, 0.2) is 23.3 Å². The third-order valence-corrected chi connectivity index (χ3v) is 4.14.